The molecule has 3 heterocycles. The summed E-state index contributed by atoms with van der Waals surface area (Å²) in [5.74, 6) is 2.21. The zero-order chi connectivity index (χ0) is 13.9. The summed E-state index contributed by atoms with van der Waals surface area (Å²) < 4.78 is 5.47. The smallest absolute Gasteiger partial charge is 0.344 e. The molecule has 0 aromatic carbocycles. The number of urea groups is 1. The zero-order valence-corrected chi connectivity index (χ0v) is 11.5. The first-order valence-corrected chi connectivity index (χ1v) is 7.38. The van der Waals surface area contributed by atoms with Crippen molar-refractivity contribution >= 4 is 6.03 Å². The zero-order valence-electron chi connectivity index (χ0n) is 11.5. The summed E-state index contributed by atoms with van der Waals surface area (Å²) in [7, 11) is 0. The highest BCUT2D eigenvalue weighted by Crippen LogP contribution is 2.43. The number of carbonyl (C=O) groups is 1. The second-order valence-electron chi connectivity index (χ2n) is 6.45. The highest BCUT2D eigenvalue weighted by molar-refractivity contribution is 5.76. The van der Waals surface area contributed by atoms with Gasteiger partial charge in [0.2, 0.25) is 0 Å². The Morgan fingerprint density at radius 2 is 2.20 bits per heavy atom. The number of piperidine rings is 1. The molecule has 1 aromatic heterocycles. The van der Waals surface area contributed by atoms with Crippen molar-refractivity contribution in [3.63, 3.8) is 0 Å². The number of rotatable bonds is 2. The van der Waals surface area contributed by atoms with Crippen molar-refractivity contribution < 1.29 is 14.5 Å². The van der Waals surface area contributed by atoms with Crippen LogP contribution in [-0.4, -0.2) is 38.9 Å². The van der Waals surface area contributed by atoms with Gasteiger partial charge in [0.05, 0.1) is 12.1 Å². The van der Waals surface area contributed by atoms with Crippen LogP contribution >= 0.6 is 0 Å². The van der Waals surface area contributed by atoms with E-state index in [0.717, 1.165) is 48.1 Å². The van der Waals surface area contributed by atoms with Crippen LogP contribution in [0, 0.1) is 5.92 Å². The first kappa shape index (κ1) is 12.2. The molecule has 2 saturated heterocycles. The third kappa shape index (κ3) is 1.67. The number of hydrogen-bond acceptors (Lipinski definition) is 4. The summed E-state index contributed by atoms with van der Waals surface area (Å²) in [6.07, 6.45) is 3.97. The predicted octanol–water partition coefficient (Wildman–Crippen LogP) is 2.52. The van der Waals surface area contributed by atoms with E-state index < -0.39 is 0 Å². The molecule has 3 fully saturated rings. The Morgan fingerprint density at radius 3 is 2.95 bits per heavy atom. The Hall–Kier alpha value is -1.56. The van der Waals surface area contributed by atoms with Crippen molar-refractivity contribution in [3.8, 4) is 0 Å². The van der Waals surface area contributed by atoms with Crippen LogP contribution in [0.2, 0.25) is 0 Å². The van der Waals surface area contributed by atoms with Crippen LogP contribution < -0.4 is 0 Å². The third-order valence-corrected chi connectivity index (χ3v) is 5.01. The van der Waals surface area contributed by atoms with Crippen LogP contribution in [0.5, 0.6) is 0 Å². The summed E-state index contributed by atoms with van der Waals surface area (Å²) >= 11 is 0. The Balaban J connectivity index is 1.54. The summed E-state index contributed by atoms with van der Waals surface area (Å²) in [6.45, 7) is 2.83. The SMILES string of the molecule is CC1CC(c2cc([C@@H]3CC[C@@H]4CN3C(=O)N4O)no2)C1. The molecule has 2 atom stereocenters. The lowest BCUT2D eigenvalue weighted by Crippen LogP contribution is -2.34. The van der Waals surface area contributed by atoms with Crippen molar-refractivity contribution in [2.24, 2.45) is 5.92 Å². The maximum atomic E-state index is 12.0. The first-order valence-electron chi connectivity index (χ1n) is 7.38. The molecular weight excluding hydrogens is 258 g/mol. The van der Waals surface area contributed by atoms with Gasteiger partial charge in [-0.15, -0.1) is 0 Å². The van der Waals surface area contributed by atoms with Crippen molar-refractivity contribution in [2.75, 3.05) is 6.54 Å². The number of amides is 2. The molecule has 1 aliphatic carbocycles. The topological polar surface area (TPSA) is 69.8 Å². The number of carbonyl (C=O) groups excluding carboxylic acids is 1. The van der Waals surface area contributed by atoms with Gasteiger partial charge in [0.15, 0.2) is 0 Å². The minimum Gasteiger partial charge on any atom is -0.361 e. The first-order chi connectivity index (χ1) is 9.63. The van der Waals surface area contributed by atoms with E-state index in [-0.39, 0.29) is 18.1 Å². The van der Waals surface area contributed by atoms with Gasteiger partial charge < -0.3 is 9.42 Å². The van der Waals surface area contributed by atoms with Gasteiger partial charge in [-0.3, -0.25) is 5.21 Å². The molecule has 0 radical (unpaired) electrons. The Bertz CT molecular complexity index is 538. The van der Waals surface area contributed by atoms with Gasteiger partial charge in [-0.05, 0) is 31.6 Å². The maximum absolute atomic E-state index is 12.0. The molecule has 2 amide bonds. The number of nitrogens with zero attached hydrogens (tertiary/aromatic N) is 3. The second-order valence-corrected chi connectivity index (χ2v) is 6.45. The Morgan fingerprint density at radius 1 is 1.40 bits per heavy atom. The molecule has 3 aliphatic rings. The normalized spacial score (nSPS) is 36.4. The molecule has 108 valence electrons. The van der Waals surface area contributed by atoms with Crippen LogP contribution in [0.4, 0.5) is 4.79 Å². The lowest BCUT2D eigenvalue weighted by molar-refractivity contribution is -0.0584. The molecule has 1 saturated carbocycles. The predicted molar refractivity (Wildman–Crippen MR) is 69.1 cm³/mol. The Labute approximate surface area is 117 Å². The van der Waals surface area contributed by atoms with E-state index in [1.165, 1.54) is 0 Å². The van der Waals surface area contributed by atoms with Gasteiger partial charge in [0, 0.05) is 18.5 Å². The summed E-state index contributed by atoms with van der Waals surface area (Å²) in [4.78, 5) is 13.7. The van der Waals surface area contributed by atoms with Crippen molar-refractivity contribution in [1.29, 1.82) is 0 Å². The standard InChI is InChI=1S/C14H19N3O3/c1-8-4-9(5-8)13-6-11(15-20-13)12-3-2-10-7-16(12)14(18)17(10)19/h6,8-10,12,19H,2-5,7H2,1H3/t8?,9?,10-,12+/m1/s1. The molecule has 1 aromatic rings. The fraction of sp³-hybridized carbons (Fsp3) is 0.714. The average molecular weight is 277 g/mol. The Kier molecular flexibility index (Phi) is 2.57. The molecule has 2 bridgehead atoms. The summed E-state index contributed by atoms with van der Waals surface area (Å²) in [6, 6.07) is 1.59. The minimum absolute atomic E-state index is 0.0501. The molecule has 20 heavy (non-hydrogen) atoms. The van der Waals surface area contributed by atoms with Crippen LogP contribution in [-0.2, 0) is 0 Å². The van der Waals surface area contributed by atoms with Gasteiger partial charge in [0.25, 0.3) is 0 Å². The van der Waals surface area contributed by atoms with E-state index in [1.54, 1.807) is 4.90 Å². The lowest BCUT2D eigenvalue weighted by atomic mass is 9.75. The average Bonchev–Trinajstić information content (AvgIpc) is 2.97. The second kappa shape index (κ2) is 4.22. The minimum atomic E-state index is -0.306. The van der Waals surface area contributed by atoms with Crippen molar-refractivity contribution in [2.45, 2.75) is 50.6 Å². The molecule has 6 nitrogen and oxygen atoms in total. The van der Waals surface area contributed by atoms with Gasteiger partial charge in [-0.2, -0.15) is 0 Å². The van der Waals surface area contributed by atoms with E-state index in [0.29, 0.717) is 12.5 Å². The fourth-order valence-corrected chi connectivity index (χ4v) is 3.75. The highest BCUT2D eigenvalue weighted by Gasteiger charge is 2.46. The molecule has 4 rings (SSSR count). The highest BCUT2D eigenvalue weighted by atomic mass is 16.5. The van der Waals surface area contributed by atoms with E-state index in [1.807, 2.05) is 6.07 Å². The van der Waals surface area contributed by atoms with Gasteiger partial charge in [-0.1, -0.05) is 12.1 Å². The molecular formula is C14H19N3O3. The molecule has 1 N–H and O–H groups in total. The molecule has 6 heteroatoms. The van der Waals surface area contributed by atoms with E-state index in [9.17, 15) is 10.0 Å². The van der Waals surface area contributed by atoms with Crippen LogP contribution in [0.15, 0.2) is 10.6 Å². The lowest BCUT2D eigenvalue weighted by Gasteiger charge is -2.30. The van der Waals surface area contributed by atoms with E-state index in [4.69, 9.17) is 4.52 Å². The van der Waals surface area contributed by atoms with Gasteiger partial charge in [-0.25, -0.2) is 9.86 Å². The molecule has 0 spiro atoms. The van der Waals surface area contributed by atoms with Gasteiger partial charge in [0.1, 0.15) is 11.5 Å². The third-order valence-electron chi connectivity index (χ3n) is 5.01. The largest absolute Gasteiger partial charge is 0.361 e. The maximum Gasteiger partial charge on any atom is 0.344 e. The van der Waals surface area contributed by atoms with Crippen LogP contribution in [0.3, 0.4) is 0 Å². The molecule has 0 unspecified atom stereocenters. The molecule has 2 aliphatic heterocycles. The fourth-order valence-electron chi connectivity index (χ4n) is 3.75. The number of fused-ring (bicyclic) bond motifs is 2. The van der Waals surface area contributed by atoms with Crippen LogP contribution in [0.1, 0.15) is 56.0 Å². The van der Waals surface area contributed by atoms with Gasteiger partial charge >= 0.3 is 6.03 Å². The van der Waals surface area contributed by atoms with E-state index >= 15 is 0 Å². The number of hydrogen-bond donors (Lipinski definition) is 1. The monoisotopic (exact) mass is 277 g/mol. The summed E-state index contributed by atoms with van der Waals surface area (Å²) in [5, 5.41) is 14.7. The van der Waals surface area contributed by atoms with Crippen molar-refractivity contribution in [1.82, 2.24) is 15.1 Å². The quantitative estimate of drug-likeness (QED) is 0.843. The van der Waals surface area contributed by atoms with Crippen molar-refractivity contribution in [3.05, 3.63) is 17.5 Å². The van der Waals surface area contributed by atoms with E-state index in [2.05, 4.69) is 12.1 Å². The number of aromatic nitrogens is 1. The summed E-state index contributed by atoms with van der Waals surface area (Å²) in [5.41, 5.74) is 0.835. The number of hydroxylamine groups is 2. The van der Waals surface area contributed by atoms with Crippen LogP contribution in [0.25, 0.3) is 0 Å².